The lowest BCUT2D eigenvalue weighted by atomic mass is 10.2. The Morgan fingerprint density at radius 2 is 2.12 bits per heavy atom. The lowest BCUT2D eigenvalue weighted by Crippen LogP contribution is -2.40. The van der Waals surface area contributed by atoms with E-state index in [0.29, 0.717) is 12.5 Å². The minimum absolute atomic E-state index is 0.180. The van der Waals surface area contributed by atoms with Gasteiger partial charge in [-0.15, -0.1) is 0 Å². The van der Waals surface area contributed by atoms with Gasteiger partial charge in [-0.05, 0) is 38.1 Å². The lowest BCUT2D eigenvalue weighted by Gasteiger charge is -2.25. The molecule has 0 aromatic heterocycles. The summed E-state index contributed by atoms with van der Waals surface area (Å²) in [5.41, 5.74) is 5.21. The van der Waals surface area contributed by atoms with Crippen LogP contribution in [0.4, 0.5) is 0 Å². The van der Waals surface area contributed by atoms with Gasteiger partial charge >= 0.3 is 0 Å². The summed E-state index contributed by atoms with van der Waals surface area (Å²) in [6, 6.07) is 0.631. The normalized spacial score (nSPS) is 25.2. The van der Waals surface area contributed by atoms with E-state index in [9.17, 15) is 4.79 Å². The number of carbonyl (C=O) groups is 1. The number of nitrogens with zero attached hydrogens (tertiary/aromatic N) is 1. The van der Waals surface area contributed by atoms with Crippen molar-refractivity contribution in [2.45, 2.75) is 38.1 Å². The highest BCUT2D eigenvalue weighted by Crippen LogP contribution is 2.29. The number of carbonyl (C=O) groups excluding carboxylic acids is 1. The Morgan fingerprint density at radius 3 is 2.69 bits per heavy atom. The quantitative estimate of drug-likeness (QED) is 0.656. The first-order chi connectivity index (χ1) is 7.74. The SMILES string of the molecule is NC(=O)CCN(CC1CC1)CC1CCCN1. The van der Waals surface area contributed by atoms with Gasteiger partial charge in [0.05, 0.1) is 0 Å². The zero-order valence-corrected chi connectivity index (χ0v) is 9.95. The van der Waals surface area contributed by atoms with Gasteiger partial charge in [-0.25, -0.2) is 0 Å². The second kappa shape index (κ2) is 5.64. The first-order valence-corrected chi connectivity index (χ1v) is 6.48. The summed E-state index contributed by atoms with van der Waals surface area (Å²) in [4.78, 5) is 13.2. The number of hydrogen-bond donors (Lipinski definition) is 2. The van der Waals surface area contributed by atoms with E-state index in [1.54, 1.807) is 0 Å². The molecule has 1 aliphatic carbocycles. The summed E-state index contributed by atoms with van der Waals surface area (Å²) in [5, 5.41) is 3.51. The molecule has 0 spiro atoms. The fourth-order valence-electron chi connectivity index (χ4n) is 2.42. The first-order valence-electron chi connectivity index (χ1n) is 6.48. The predicted octanol–water partition coefficient (Wildman–Crippen LogP) is 0.326. The molecular formula is C12H23N3O. The van der Waals surface area contributed by atoms with E-state index >= 15 is 0 Å². The average Bonchev–Trinajstić information content (AvgIpc) is 2.90. The Morgan fingerprint density at radius 1 is 1.31 bits per heavy atom. The Balaban J connectivity index is 1.73. The van der Waals surface area contributed by atoms with E-state index in [0.717, 1.165) is 32.1 Å². The van der Waals surface area contributed by atoms with Gasteiger partial charge in [-0.2, -0.15) is 0 Å². The summed E-state index contributed by atoms with van der Waals surface area (Å²) < 4.78 is 0. The maximum Gasteiger partial charge on any atom is 0.218 e. The third-order valence-corrected chi connectivity index (χ3v) is 3.53. The number of primary amides is 1. The summed E-state index contributed by atoms with van der Waals surface area (Å²) in [5.74, 6) is 0.703. The van der Waals surface area contributed by atoms with Gasteiger partial charge in [-0.1, -0.05) is 0 Å². The number of rotatable bonds is 7. The third-order valence-electron chi connectivity index (χ3n) is 3.53. The maximum atomic E-state index is 10.8. The molecule has 1 atom stereocenters. The van der Waals surface area contributed by atoms with E-state index in [-0.39, 0.29) is 5.91 Å². The standard InChI is InChI=1S/C12H23N3O/c13-12(16)5-7-15(8-10-3-4-10)9-11-2-1-6-14-11/h10-11,14H,1-9H2,(H2,13,16). The third kappa shape index (κ3) is 4.10. The molecule has 1 unspecified atom stereocenters. The maximum absolute atomic E-state index is 10.8. The molecule has 92 valence electrons. The Bertz CT molecular complexity index is 234. The number of nitrogens with two attached hydrogens (primary N) is 1. The van der Waals surface area contributed by atoms with Gasteiger partial charge in [0.1, 0.15) is 0 Å². The first kappa shape index (κ1) is 11.9. The minimum atomic E-state index is -0.180. The van der Waals surface area contributed by atoms with Crippen LogP contribution in [0.25, 0.3) is 0 Å². The molecule has 0 radical (unpaired) electrons. The van der Waals surface area contributed by atoms with Crippen molar-refractivity contribution in [3.8, 4) is 0 Å². The van der Waals surface area contributed by atoms with Crippen LogP contribution in [0.15, 0.2) is 0 Å². The minimum Gasteiger partial charge on any atom is -0.370 e. The van der Waals surface area contributed by atoms with E-state index in [1.165, 1.54) is 25.7 Å². The van der Waals surface area contributed by atoms with Crippen molar-refractivity contribution in [1.29, 1.82) is 0 Å². The summed E-state index contributed by atoms with van der Waals surface area (Å²) in [6.07, 6.45) is 5.80. The Kier molecular flexibility index (Phi) is 4.18. The summed E-state index contributed by atoms with van der Waals surface area (Å²) >= 11 is 0. The van der Waals surface area contributed by atoms with Crippen LogP contribution in [0.3, 0.4) is 0 Å². The second-order valence-corrected chi connectivity index (χ2v) is 5.21. The van der Waals surface area contributed by atoms with Crippen molar-refractivity contribution in [3.05, 3.63) is 0 Å². The van der Waals surface area contributed by atoms with Crippen molar-refractivity contribution in [2.24, 2.45) is 11.7 Å². The van der Waals surface area contributed by atoms with Gasteiger partial charge in [0, 0.05) is 32.1 Å². The molecule has 3 N–H and O–H groups in total. The van der Waals surface area contributed by atoms with Gasteiger partial charge < -0.3 is 16.0 Å². The average molecular weight is 225 g/mol. The molecule has 1 aliphatic heterocycles. The van der Waals surface area contributed by atoms with Gasteiger partial charge in [0.2, 0.25) is 5.91 Å². The fourth-order valence-corrected chi connectivity index (χ4v) is 2.42. The zero-order valence-electron chi connectivity index (χ0n) is 9.95. The predicted molar refractivity (Wildman–Crippen MR) is 64.0 cm³/mol. The lowest BCUT2D eigenvalue weighted by molar-refractivity contribution is -0.118. The molecule has 1 saturated heterocycles. The second-order valence-electron chi connectivity index (χ2n) is 5.21. The molecule has 1 heterocycles. The molecule has 2 rings (SSSR count). The molecule has 1 amide bonds. The van der Waals surface area contributed by atoms with Gasteiger partial charge in [0.25, 0.3) is 0 Å². The van der Waals surface area contributed by atoms with E-state index in [4.69, 9.17) is 5.73 Å². The van der Waals surface area contributed by atoms with E-state index < -0.39 is 0 Å². The summed E-state index contributed by atoms with van der Waals surface area (Å²) in [7, 11) is 0. The number of amides is 1. The van der Waals surface area contributed by atoms with Crippen LogP contribution in [-0.2, 0) is 4.79 Å². The molecule has 2 aliphatic rings. The molecule has 0 aromatic carbocycles. The highest BCUT2D eigenvalue weighted by atomic mass is 16.1. The van der Waals surface area contributed by atoms with Crippen LogP contribution < -0.4 is 11.1 Å². The molecule has 4 nitrogen and oxygen atoms in total. The van der Waals surface area contributed by atoms with E-state index in [2.05, 4.69) is 10.2 Å². The summed E-state index contributed by atoms with van der Waals surface area (Å²) in [6.45, 7) is 4.23. The molecule has 16 heavy (non-hydrogen) atoms. The van der Waals surface area contributed by atoms with E-state index in [1.807, 2.05) is 0 Å². The molecular weight excluding hydrogens is 202 g/mol. The molecule has 1 saturated carbocycles. The van der Waals surface area contributed by atoms with Gasteiger partial charge in [0.15, 0.2) is 0 Å². The molecule has 4 heteroatoms. The van der Waals surface area contributed by atoms with Crippen LogP contribution in [0.1, 0.15) is 32.1 Å². The van der Waals surface area contributed by atoms with Crippen molar-refractivity contribution < 1.29 is 4.79 Å². The highest BCUT2D eigenvalue weighted by Gasteiger charge is 2.26. The molecule has 0 bridgehead atoms. The zero-order chi connectivity index (χ0) is 11.4. The van der Waals surface area contributed by atoms with Crippen molar-refractivity contribution in [3.63, 3.8) is 0 Å². The van der Waals surface area contributed by atoms with Crippen LogP contribution in [0.2, 0.25) is 0 Å². The fraction of sp³-hybridized carbons (Fsp3) is 0.917. The Hall–Kier alpha value is -0.610. The van der Waals surface area contributed by atoms with Crippen molar-refractivity contribution in [1.82, 2.24) is 10.2 Å². The highest BCUT2D eigenvalue weighted by molar-refractivity contribution is 5.73. The monoisotopic (exact) mass is 225 g/mol. The number of nitrogens with one attached hydrogen (secondary N) is 1. The van der Waals surface area contributed by atoms with Crippen molar-refractivity contribution in [2.75, 3.05) is 26.2 Å². The van der Waals surface area contributed by atoms with Crippen LogP contribution in [0.5, 0.6) is 0 Å². The molecule has 0 aromatic rings. The molecule has 2 fully saturated rings. The van der Waals surface area contributed by atoms with Crippen LogP contribution in [0, 0.1) is 5.92 Å². The van der Waals surface area contributed by atoms with Crippen LogP contribution >= 0.6 is 0 Å². The van der Waals surface area contributed by atoms with Gasteiger partial charge in [-0.3, -0.25) is 4.79 Å². The largest absolute Gasteiger partial charge is 0.370 e. The van der Waals surface area contributed by atoms with Crippen molar-refractivity contribution >= 4 is 5.91 Å². The topological polar surface area (TPSA) is 58.4 Å². The smallest absolute Gasteiger partial charge is 0.218 e. The van der Waals surface area contributed by atoms with Crippen LogP contribution in [-0.4, -0.2) is 43.0 Å². The number of hydrogen-bond acceptors (Lipinski definition) is 3. The Labute approximate surface area is 97.6 Å².